The molecule has 4 heteroatoms. The monoisotopic (exact) mass is 199 g/mol. The highest BCUT2D eigenvalue weighted by atomic mass is 16.5. The van der Waals surface area contributed by atoms with Crippen LogP contribution < -0.4 is 5.32 Å². The van der Waals surface area contributed by atoms with Gasteiger partial charge in [0.2, 0.25) is 0 Å². The number of allylic oxidation sites excluding steroid dienone is 1. The van der Waals surface area contributed by atoms with E-state index in [4.69, 9.17) is 9.47 Å². The molecule has 0 unspecified atom stereocenters. The third-order valence-electron chi connectivity index (χ3n) is 1.49. The first kappa shape index (κ1) is 12.6. The third-order valence-corrected chi connectivity index (χ3v) is 1.49. The van der Waals surface area contributed by atoms with Gasteiger partial charge in [0.05, 0.1) is 6.61 Å². The molecule has 0 fully saturated rings. The van der Waals surface area contributed by atoms with Gasteiger partial charge in [-0.1, -0.05) is 6.58 Å². The van der Waals surface area contributed by atoms with Gasteiger partial charge in [0, 0.05) is 7.05 Å². The molecule has 0 atom stereocenters. The molecule has 0 aliphatic carbocycles. The number of rotatable bonds is 6. The largest absolute Gasteiger partial charge is 0.491 e. The van der Waals surface area contributed by atoms with Crippen molar-refractivity contribution in [1.82, 2.24) is 5.32 Å². The smallest absolute Gasteiger partial charge is 0.257 e. The second-order valence-electron chi connectivity index (χ2n) is 2.47. The molecule has 0 saturated heterocycles. The molecule has 0 aliphatic rings. The Morgan fingerprint density at radius 1 is 1.50 bits per heavy atom. The van der Waals surface area contributed by atoms with E-state index in [0.717, 1.165) is 0 Å². The number of carbonyl (C=O) groups excluding carboxylic acids is 1. The average molecular weight is 199 g/mol. The van der Waals surface area contributed by atoms with Crippen molar-refractivity contribution in [2.24, 2.45) is 0 Å². The lowest BCUT2D eigenvalue weighted by Crippen LogP contribution is -2.23. The average Bonchev–Trinajstić information content (AvgIpc) is 2.18. The van der Waals surface area contributed by atoms with Gasteiger partial charge in [-0.05, 0) is 19.9 Å². The second-order valence-corrected chi connectivity index (χ2v) is 2.47. The summed E-state index contributed by atoms with van der Waals surface area (Å²) in [4.78, 5) is 10.9. The maximum atomic E-state index is 10.9. The molecule has 1 amide bonds. The molecule has 1 N–H and O–H groups in total. The highest BCUT2D eigenvalue weighted by Crippen LogP contribution is 2.10. The van der Waals surface area contributed by atoms with Crippen molar-refractivity contribution in [3.8, 4) is 0 Å². The molecule has 0 rings (SSSR count). The summed E-state index contributed by atoms with van der Waals surface area (Å²) in [5.41, 5.74) is 0. The van der Waals surface area contributed by atoms with E-state index in [9.17, 15) is 4.79 Å². The Balaban J connectivity index is 4.05. The second kappa shape index (κ2) is 7.00. The van der Waals surface area contributed by atoms with Crippen LogP contribution in [-0.2, 0) is 14.3 Å². The van der Waals surface area contributed by atoms with E-state index in [1.54, 1.807) is 20.0 Å². The molecule has 0 spiro atoms. The van der Waals surface area contributed by atoms with Gasteiger partial charge in [-0.2, -0.15) is 0 Å². The minimum atomic E-state index is -0.186. The fourth-order valence-corrected chi connectivity index (χ4v) is 0.786. The van der Waals surface area contributed by atoms with Gasteiger partial charge >= 0.3 is 0 Å². The van der Waals surface area contributed by atoms with Crippen molar-refractivity contribution in [3.05, 3.63) is 24.2 Å². The van der Waals surface area contributed by atoms with Gasteiger partial charge in [0.15, 0.2) is 18.1 Å². The van der Waals surface area contributed by atoms with Crippen LogP contribution in [0.5, 0.6) is 0 Å². The number of amides is 1. The molecule has 0 saturated carbocycles. The quantitative estimate of drug-likeness (QED) is 0.516. The Bertz CT molecular complexity index is 234. The maximum absolute atomic E-state index is 10.9. The van der Waals surface area contributed by atoms with E-state index in [1.165, 1.54) is 0 Å². The summed E-state index contributed by atoms with van der Waals surface area (Å²) >= 11 is 0. The molecule has 0 aliphatic heterocycles. The van der Waals surface area contributed by atoms with Crippen LogP contribution in [0.4, 0.5) is 0 Å². The summed E-state index contributed by atoms with van der Waals surface area (Å²) in [6, 6.07) is 0. The number of carbonyl (C=O) groups is 1. The van der Waals surface area contributed by atoms with Gasteiger partial charge in [-0.25, -0.2) is 0 Å². The molecule has 0 aromatic rings. The van der Waals surface area contributed by atoms with E-state index in [1.807, 2.05) is 6.92 Å². The molecule has 0 bridgehead atoms. The summed E-state index contributed by atoms with van der Waals surface area (Å²) in [6.45, 7) is 7.83. The number of likely N-dealkylation sites (N-methyl/N-ethyl adjacent to an activating group) is 1. The fourth-order valence-electron chi connectivity index (χ4n) is 0.786. The fraction of sp³-hybridized carbons (Fsp3) is 0.500. The highest BCUT2D eigenvalue weighted by Gasteiger charge is 2.06. The van der Waals surface area contributed by atoms with Crippen LogP contribution in [0.25, 0.3) is 0 Å². The number of nitrogens with one attached hydrogen (secondary N) is 1. The predicted octanol–water partition coefficient (Wildman–Crippen LogP) is 1.20. The van der Waals surface area contributed by atoms with Gasteiger partial charge in [-0.15, -0.1) is 0 Å². The topological polar surface area (TPSA) is 47.6 Å². The first-order valence-electron chi connectivity index (χ1n) is 4.47. The van der Waals surface area contributed by atoms with Crippen molar-refractivity contribution in [3.63, 3.8) is 0 Å². The standard InChI is InChI=1S/C10H17NO3/c1-5-9(8(3)13-6-2)14-7-10(12)11-4/h5H,3,6-7H2,1-2,4H3,(H,11,12)/b9-5+. The Labute approximate surface area is 84.6 Å². The molecule has 80 valence electrons. The minimum Gasteiger partial charge on any atom is -0.491 e. The maximum Gasteiger partial charge on any atom is 0.257 e. The van der Waals surface area contributed by atoms with Crippen molar-refractivity contribution in [2.75, 3.05) is 20.3 Å². The molecule has 0 radical (unpaired) electrons. The minimum absolute atomic E-state index is 0.0255. The molecule has 0 aromatic heterocycles. The third kappa shape index (κ3) is 4.54. The normalized spacial score (nSPS) is 10.6. The molecule has 14 heavy (non-hydrogen) atoms. The van der Waals surface area contributed by atoms with Crippen molar-refractivity contribution in [2.45, 2.75) is 13.8 Å². The summed E-state index contributed by atoms with van der Waals surface area (Å²) in [7, 11) is 1.55. The Kier molecular flexibility index (Phi) is 6.28. The van der Waals surface area contributed by atoms with Crippen LogP contribution >= 0.6 is 0 Å². The zero-order valence-corrected chi connectivity index (χ0v) is 8.92. The van der Waals surface area contributed by atoms with Gasteiger partial charge in [0.25, 0.3) is 5.91 Å². The van der Waals surface area contributed by atoms with Crippen molar-refractivity contribution in [1.29, 1.82) is 0 Å². The van der Waals surface area contributed by atoms with Crippen LogP contribution in [-0.4, -0.2) is 26.2 Å². The Hall–Kier alpha value is -1.45. The molecule has 4 nitrogen and oxygen atoms in total. The van der Waals surface area contributed by atoms with E-state index < -0.39 is 0 Å². The highest BCUT2D eigenvalue weighted by molar-refractivity contribution is 5.76. The van der Waals surface area contributed by atoms with Crippen LogP contribution in [0.15, 0.2) is 24.2 Å². The molecular weight excluding hydrogens is 182 g/mol. The SMILES string of the molecule is C=C(OCC)/C(=C\C)OCC(=O)NC. The van der Waals surface area contributed by atoms with E-state index in [2.05, 4.69) is 11.9 Å². The van der Waals surface area contributed by atoms with Crippen LogP contribution in [0.3, 0.4) is 0 Å². The first-order valence-corrected chi connectivity index (χ1v) is 4.47. The van der Waals surface area contributed by atoms with E-state index >= 15 is 0 Å². The summed E-state index contributed by atoms with van der Waals surface area (Å²) < 4.78 is 10.3. The molecular formula is C10H17NO3. The van der Waals surface area contributed by atoms with Crippen LogP contribution in [0.2, 0.25) is 0 Å². The van der Waals surface area contributed by atoms with Gasteiger partial charge < -0.3 is 14.8 Å². The molecule has 0 aromatic carbocycles. The summed E-state index contributed by atoms with van der Waals surface area (Å²) in [5.74, 6) is 0.753. The van der Waals surface area contributed by atoms with E-state index in [0.29, 0.717) is 18.1 Å². The predicted molar refractivity (Wildman–Crippen MR) is 54.5 cm³/mol. The lowest BCUT2D eigenvalue weighted by molar-refractivity contribution is -0.123. The van der Waals surface area contributed by atoms with Crippen LogP contribution in [0.1, 0.15) is 13.8 Å². The van der Waals surface area contributed by atoms with Gasteiger partial charge in [0.1, 0.15) is 0 Å². The zero-order valence-electron chi connectivity index (χ0n) is 8.92. The van der Waals surface area contributed by atoms with Crippen molar-refractivity contribution < 1.29 is 14.3 Å². The Morgan fingerprint density at radius 3 is 2.57 bits per heavy atom. The lowest BCUT2D eigenvalue weighted by Gasteiger charge is -2.11. The Morgan fingerprint density at radius 2 is 2.14 bits per heavy atom. The summed E-state index contributed by atoms with van der Waals surface area (Å²) in [6.07, 6.45) is 1.71. The number of hydrogen-bond donors (Lipinski definition) is 1. The number of ether oxygens (including phenoxy) is 2. The van der Waals surface area contributed by atoms with Gasteiger partial charge in [-0.3, -0.25) is 4.79 Å². The lowest BCUT2D eigenvalue weighted by atomic mass is 10.4. The zero-order chi connectivity index (χ0) is 11.0. The molecule has 0 heterocycles. The summed E-state index contributed by atoms with van der Waals surface area (Å²) in [5, 5.41) is 2.45. The first-order chi connectivity index (χ1) is 6.65. The van der Waals surface area contributed by atoms with Crippen LogP contribution in [0, 0.1) is 0 Å². The number of hydrogen-bond acceptors (Lipinski definition) is 3. The van der Waals surface area contributed by atoms with E-state index in [-0.39, 0.29) is 12.5 Å². The van der Waals surface area contributed by atoms with Crippen molar-refractivity contribution >= 4 is 5.91 Å².